The Labute approximate surface area is 200 Å². The minimum absolute atomic E-state index is 0.147. The van der Waals surface area contributed by atoms with Crippen molar-refractivity contribution in [2.24, 2.45) is 0 Å². The average molecular weight is 476 g/mol. The van der Waals surface area contributed by atoms with E-state index in [9.17, 15) is 14.4 Å². The number of hydrogen-bond acceptors (Lipinski definition) is 7. The van der Waals surface area contributed by atoms with Crippen molar-refractivity contribution in [3.8, 4) is 17.2 Å². The molecule has 1 saturated heterocycles. The summed E-state index contributed by atoms with van der Waals surface area (Å²) in [5.41, 5.74) is 1.04. The Morgan fingerprint density at radius 2 is 1.65 bits per heavy atom. The molecule has 1 aliphatic heterocycles. The van der Waals surface area contributed by atoms with Crippen LogP contribution in [0.4, 0.5) is 4.79 Å². The van der Waals surface area contributed by atoms with E-state index in [1.54, 1.807) is 48.5 Å². The van der Waals surface area contributed by atoms with Crippen molar-refractivity contribution in [1.82, 2.24) is 4.90 Å². The molecule has 7 nitrogen and oxygen atoms in total. The molecule has 1 heterocycles. The normalized spacial score (nSPS) is 14.4. The molecule has 0 unspecified atom stereocenters. The summed E-state index contributed by atoms with van der Waals surface area (Å²) in [4.78, 5) is 38.9. The molecule has 172 valence electrons. The van der Waals surface area contributed by atoms with Gasteiger partial charge in [0.2, 0.25) is 0 Å². The fourth-order valence-electron chi connectivity index (χ4n) is 3.21. The van der Waals surface area contributed by atoms with Crippen LogP contribution < -0.4 is 14.2 Å². The average Bonchev–Trinajstić information content (AvgIpc) is 3.13. The molecule has 0 N–H and O–H groups in total. The number of rotatable bonds is 8. The van der Waals surface area contributed by atoms with Gasteiger partial charge in [-0.25, -0.2) is 4.79 Å². The molecule has 0 radical (unpaired) electrons. The summed E-state index contributed by atoms with van der Waals surface area (Å²) in [6.07, 6.45) is 1.61. The first-order valence-electron chi connectivity index (χ1n) is 10.4. The van der Waals surface area contributed by atoms with Crippen LogP contribution in [-0.4, -0.2) is 42.3 Å². The van der Waals surface area contributed by atoms with Gasteiger partial charge in [-0.1, -0.05) is 42.5 Å². The number of imide groups is 1. The molecule has 1 aliphatic rings. The van der Waals surface area contributed by atoms with Crippen LogP contribution in [0.25, 0.3) is 6.08 Å². The number of nitrogens with zero attached hydrogens (tertiary/aromatic N) is 1. The second-order valence-electron chi connectivity index (χ2n) is 7.16. The number of carbonyl (C=O) groups is 3. The molecule has 4 rings (SSSR count). The Morgan fingerprint density at radius 3 is 2.35 bits per heavy atom. The summed E-state index contributed by atoms with van der Waals surface area (Å²) in [5.74, 6) is 0.356. The van der Waals surface area contributed by atoms with Crippen molar-refractivity contribution in [1.29, 1.82) is 0 Å². The minimum Gasteiger partial charge on any atom is -0.493 e. The maximum atomic E-state index is 12.7. The molecule has 0 spiro atoms. The van der Waals surface area contributed by atoms with Crippen LogP contribution in [-0.2, 0) is 4.79 Å². The summed E-state index contributed by atoms with van der Waals surface area (Å²) in [5, 5.41) is -0.353. The number of hydrogen-bond donors (Lipinski definition) is 0. The van der Waals surface area contributed by atoms with Crippen LogP contribution in [0, 0.1) is 0 Å². The van der Waals surface area contributed by atoms with E-state index >= 15 is 0 Å². The maximum absolute atomic E-state index is 12.7. The summed E-state index contributed by atoms with van der Waals surface area (Å²) >= 11 is 0.865. The van der Waals surface area contributed by atoms with Gasteiger partial charge in [-0.05, 0) is 59.8 Å². The van der Waals surface area contributed by atoms with Crippen molar-refractivity contribution in [2.75, 3.05) is 20.3 Å². The molecule has 2 amide bonds. The zero-order valence-corrected chi connectivity index (χ0v) is 19.1. The van der Waals surface area contributed by atoms with Gasteiger partial charge in [0.1, 0.15) is 12.4 Å². The molecular formula is C26H21NO6S. The fraction of sp³-hybridized carbons (Fsp3) is 0.115. The van der Waals surface area contributed by atoms with Gasteiger partial charge in [-0.15, -0.1) is 0 Å². The largest absolute Gasteiger partial charge is 0.493 e. The van der Waals surface area contributed by atoms with E-state index in [1.165, 1.54) is 7.11 Å². The standard InChI is InChI=1S/C26H21NO6S/c1-31-22-16-18(12-13-21(22)33-25(29)19-8-4-2-5-9-19)17-23-24(28)27(26(30)34-23)14-15-32-20-10-6-3-7-11-20/h2-13,16-17H,14-15H2,1H3/b23-17-. The quantitative estimate of drug-likeness (QED) is 0.257. The Kier molecular flexibility index (Phi) is 7.29. The molecule has 3 aromatic carbocycles. The highest BCUT2D eigenvalue weighted by Gasteiger charge is 2.34. The van der Waals surface area contributed by atoms with E-state index in [0.717, 1.165) is 16.7 Å². The Morgan fingerprint density at radius 1 is 0.941 bits per heavy atom. The van der Waals surface area contributed by atoms with Crippen molar-refractivity contribution < 1.29 is 28.6 Å². The second-order valence-corrected chi connectivity index (χ2v) is 8.15. The number of para-hydroxylation sites is 1. The first-order valence-corrected chi connectivity index (χ1v) is 11.3. The third-order valence-corrected chi connectivity index (χ3v) is 5.81. The highest BCUT2D eigenvalue weighted by Crippen LogP contribution is 2.34. The first-order chi connectivity index (χ1) is 16.5. The topological polar surface area (TPSA) is 82.1 Å². The third kappa shape index (κ3) is 5.47. The molecule has 1 fully saturated rings. The van der Waals surface area contributed by atoms with Crippen molar-refractivity contribution in [2.45, 2.75) is 0 Å². The van der Waals surface area contributed by atoms with Crippen molar-refractivity contribution in [3.63, 3.8) is 0 Å². The van der Waals surface area contributed by atoms with E-state index < -0.39 is 5.97 Å². The Balaban J connectivity index is 1.43. The zero-order chi connectivity index (χ0) is 23.9. The fourth-order valence-corrected chi connectivity index (χ4v) is 4.07. The van der Waals surface area contributed by atoms with E-state index in [2.05, 4.69) is 0 Å². The van der Waals surface area contributed by atoms with Gasteiger partial charge < -0.3 is 14.2 Å². The molecule has 0 saturated carbocycles. The molecule has 34 heavy (non-hydrogen) atoms. The van der Waals surface area contributed by atoms with Gasteiger partial charge in [0.05, 0.1) is 24.1 Å². The zero-order valence-electron chi connectivity index (χ0n) is 18.3. The van der Waals surface area contributed by atoms with Gasteiger partial charge in [0.15, 0.2) is 11.5 Å². The number of amides is 2. The molecule has 0 atom stereocenters. The first kappa shape index (κ1) is 23.1. The van der Waals surface area contributed by atoms with E-state index in [0.29, 0.717) is 27.5 Å². The molecule has 0 bridgehead atoms. The lowest BCUT2D eigenvalue weighted by Crippen LogP contribution is -2.32. The minimum atomic E-state index is -0.509. The predicted octanol–water partition coefficient (Wildman–Crippen LogP) is 5.03. The number of benzene rings is 3. The van der Waals surface area contributed by atoms with Crippen LogP contribution in [0.1, 0.15) is 15.9 Å². The lowest BCUT2D eigenvalue weighted by atomic mass is 10.1. The lowest BCUT2D eigenvalue weighted by Gasteiger charge is -2.13. The Bertz CT molecular complexity index is 1230. The number of carbonyl (C=O) groups excluding carboxylic acids is 3. The third-order valence-electron chi connectivity index (χ3n) is 4.90. The highest BCUT2D eigenvalue weighted by atomic mass is 32.2. The van der Waals surface area contributed by atoms with Crippen LogP contribution >= 0.6 is 11.8 Å². The van der Waals surface area contributed by atoms with Gasteiger partial charge in [-0.3, -0.25) is 14.5 Å². The van der Waals surface area contributed by atoms with Gasteiger partial charge in [0, 0.05) is 0 Å². The molecular weight excluding hydrogens is 454 g/mol. The summed E-state index contributed by atoms with van der Waals surface area (Å²) in [7, 11) is 1.46. The van der Waals surface area contributed by atoms with E-state index in [1.807, 2.05) is 36.4 Å². The van der Waals surface area contributed by atoms with Gasteiger partial charge >= 0.3 is 5.97 Å². The van der Waals surface area contributed by atoms with E-state index in [4.69, 9.17) is 14.2 Å². The number of thioether (sulfide) groups is 1. The van der Waals surface area contributed by atoms with Gasteiger partial charge in [-0.2, -0.15) is 0 Å². The molecule has 3 aromatic rings. The molecule has 8 heteroatoms. The van der Waals surface area contributed by atoms with Crippen LogP contribution in [0.15, 0.2) is 83.8 Å². The van der Waals surface area contributed by atoms with Gasteiger partial charge in [0.25, 0.3) is 11.1 Å². The summed E-state index contributed by atoms with van der Waals surface area (Å²) < 4.78 is 16.4. The van der Waals surface area contributed by atoms with Crippen molar-refractivity contribution in [3.05, 3.63) is 94.9 Å². The van der Waals surface area contributed by atoms with Crippen LogP contribution in [0.5, 0.6) is 17.2 Å². The SMILES string of the molecule is COc1cc(/C=C2\SC(=O)N(CCOc3ccccc3)C2=O)ccc1OC(=O)c1ccccc1. The Hall–Kier alpha value is -4.04. The van der Waals surface area contributed by atoms with Crippen molar-refractivity contribution >= 4 is 35.0 Å². The summed E-state index contributed by atoms with van der Waals surface area (Å²) in [6.45, 7) is 0.346. The number of esters is 1. The summed E-state index contributed by atoms with van der Waals surface area (Å²) in [6, 6.07) is 22.7. The number of methoxy groups -OCH3 is 1. The lowest BCUT2D eigenvalue weighted by molar-refractivity contribution is -0.123. The molecule has 0 aromatic heterocycles. The molecule has 0 aliphatic carbocycles. The number of ether oxygens (including phenoxy) is 3. The second kappa shape index (κ2) is 10.7. The van der Waals surface area contributed by atoms with E-state index in [-0.39, 0.29) is 30.0 Å². The predicted molar refractivity (Wildman–Crippen MR) is 129 cm³/mol. The maximum Gasteiger partial charge on any atom is 0.343 e. The highest BCUT2D eigenvalue weighted by molar-refractivity contribution is 8.18. The smallest absolute Gasteiger partial charge is 0.343 e. The van der Waals surface area contributed by atoms with Crippen LogP contribution in [0.2, 0.25) is 0 Å². The monoisotopic (exact) mass is 475 g/mol. The van der Waals surface area contributed by atoms with Crippen LogP contribution in [0.3, 0.4) is 0 Å².